The highest BCUT2D eigenvalue weighted by Crippen LogP contribution is 2.72. The molecule has 5 heterocycles. The van der Waals surface area contributed by atoms with Crippen LogP contribution in [0.3, 0.4) is 0 Å². The Labute approximate surface area is 773 Å². The van der Waals surface area contributed by atoms with Crippen LogP contribution >= 0.6 is 11.3 Å². The molecule has 3 aromatic heterocycles. The molecule has 12 rings (SSSR count). The first kappa shape index (κ1) is 103. The molecule has 0 radical (unpaired) electrons. The number of ether oxygens (including phenoxy) is 13. The van der Waals surface area contributed by atoms with Crippen molar-refractivity contribution >= 4 is 102 Å². The number of aromatic nitrogens is 4. The SMILES string of the molecule is COCCOCCOCCOCCOCCOCCOCCOCCOCCOCCOCCN(CCC(=O)C[C@H](C(=O)N[C@@H](C)C(=O)Nc1ccc(COC(=O)N(CCOC23CC4(C)CC(C)(CC(Cn5ncc(-c6ccc(N7CCc8cccc(C(=O)Nc9nc%10ccccc%10s9)c8C7)nc6C(=O)O)c5C)(C4)C2)C3)CCS(=O)(=O)O)cc1)C(C)C)C(=O)CN1C(=O)C=CC1=O. The van der Waals surface area contributed by atoms with E-state index in [2.05, 4.69) is 34.8 Å². The van der Waals surface area contributed by atoms with Gasteiger partial charge in [-0.15, -0.1) is 0 Å². The second-order valence-electron chi connectivity index (χ2n) is 35.1. The average molecular weight is 1880 g/mol. The minimum atomic E-state index is -4.52. The summed E-state index contributed by atoms with van der Waals surface area (Å²) < 4.78 is 110. The molecule has 132 heavy (non-hydrogen) atoms. The van der Waals surface area contributed by atoms with Gasteiger partial charge in [0.25, 0.3) is 27.8 Å². The van der Waals surface area contributed by atoms with Gasteiger partial charge in [0.05, 0.1) is 173 Å². The second kappa shape index (κ2) is 50.0. The Kier molecular flexibility index (Phi) is 39.0. The van der Waals surface area contributed by atoms with E-state index in [1.54, 1.807) is 63.6 Å². The number of nitrogens with zero attached hydrogens (tertiary/aromatic N) is 8. The zero-order valence-corrected chi connectivity index (χ0v) is 78.2. The third-order valence-electron chi connectivity index (χ3n) is 24.0. The lowest BCUT2D eigenvalue weighted by Crippen LogP contribution is -2.64. The molecule has 5 N–H and O–H groups in total. The summed E-state index contributed by atoms with van der Waals surface area (Å²) in [6.45, 7) is 19.8. The van der Waals surface area contributed by atoms with E-state index >= 15 is 0 Å². The van der Waals surface area contributed by atoms with Gasteiger partial charge in [-0.05, 0) is 140 Å². The molecule has 39 heteroatoms. The number of thiazole rings is 1. The number of Topliss-reactive ketones (excluding diaryl/α,β-unsaturated/α-hetero) is 1. The lowest BCUT2D eigenvalue weighted by molar-refractivity contribution is -0.248. The summed E-state index contributed by atoms with van der Waals surface area (Å²) in [6.07, 6.45) is 8.14. The maximum absolute atomic E-state index is 14.0. The quantitative estimate of drug-likeness (QED) is 0.0135. The highest BCUT2D eigenvalue weighted by atomic mass is 32.2. The van der Waals surface area contributed by atoms with Crippen LogP contribution in [0.15, 0.2) is 97.2 Å². The summed E-state index contributed by atoms with van der Waals surface area (Å²) >= 11 is 1.40. The van der Waals surface area contributed by atoms with Crippen LogP contribution in [0.25, 0.3) is 21.3 Å². The van der Waals surface area contributed by atoms with Gasteiger partial charge in [-0.1, -0.05) is 75.4 Å². The fraction of sp³-hybridized carbons (Fsp3) is 0.591. The molecule has 6 aliphatic rings. The van der Waals surface area contributed by atoms with Crippen molar-refractivity contribution in [3.8, 4) is 11.1 Å². The van der Waals surface area contributed by atoms with Crippen LogP contribution in [0.5, 0.6) is 0 Å². The normalized spacial score (nSPS) is 19.0. The zero-order valence-electron chi connectivity index (χ0n) is 76.5. The number of carbonyl (C=O) groups excluding carboxylic acids is 8. The lowest BCUT2D eigenvalue weighted by Gasteiger charge is -2.69. The Morgan fingerprint density at radius 2 is 1.19 bits per heavy atom. The van der Waals surface area contributed by atoms with Crippen molar-refractivity contribution < 1.29 is 123 Å². The summed E-state index contributed by atoms with van der Waals surface area (Å²) in [6, 6.07) is 22.2. The van der Waals surface area contributed by atoms with E-state index in [1.165, 1.54) is 28.1 Å². The number of anilines is 3. The van der Waals surface area contributed by atoms with E-state index < -0.39 is 88.1 Å². The molecule has 7 amide bonds. The fourth-order valence-electron chi connectivity index (χ4n) is 18.7. The molecule has 2 aliphatic heterocycles. The minimum Gasteiger partial charge on any atom is -0.476 e. The molecule has 4 fully saturated rings. The van der Waals surface area contributed by atoms with Crippen LogP contribution in [0, 0.1) is 35.0 Å². The Balaban J connectivity index is 0.578. The van der Waals surface area contributed by atoms with Crippen LogP contribution in [0.4, 0.5) is 21.4 Å². The summed E-state index contributed by atoms with van der Waals surface area (Å²) in [5.41, 5.74) is 4.53. The Hall–Kier alpha value is -9.69. The van der Waals surface area contributed by atoms with Gasteiger partial charge in [-0.25, -0.2) is 19.6 Å². The van der Waals surface area contributed by atoms with Crippen molar-refractivity contribution in [3.05, 3.63) is 131 Å². The van der Waals surface area contributed by atoms with Crippen LogP contribution in [0.2, 0.25) is 0 Å². The van der Waals surface area contributed by atoms with Gasteiger partial charge in [-0.2, -0.15) is 13.5 Å². The molecule has 0 spiro atoms. The molecule has 4 atom stereocenters. The second-order valence-corrected chi connectivity index (χ2v) is 37.7. The van der Waals surface area contributed by atoms with Crippen molar-refractivity contribution in [3.63, 3.8) is 0 Å². The van der Waals surface area contributed by atoms with E-state index in [4.69, 9.17) is 71.7 Å². The molecule has 4 bridgehead atoms. The monoisotopic (exact) mass is 1880 g/mol. The number of aromatic carboxylic acids is 1. The topological polar surface area (TPSA) is 441 Å². The highest BCUT2D eigenvalue weighted by molar-refractivity contribution is 7.85. The number of benzene rings is 3. The Bertz CT molecular complexity index is 4940. The first-order valence-corrected chi connectivity index (χ1v) is 47.4. The van der Waals surface area contributed by atoms with E-state index in [-0.39, 0.29) is 112 Å². The summed E-state index contributed by atoms with van der Waals surface area (Å²) in [5.74, 6) is -6.39. The van der Waals surface area contributed by atoms with Crippen molar-refractivity contribution in [2.24, 2.45) is 28.1 Å². The molecule has 37 nitrogen and oxygen atoms in total. The van der Waals surface area contributed by atoms with Gasteiger partial charge in [-0.3, -0.25) is 53.0 Å². The van der Waals surface area contributed by atoms with Crippen molar-refractivity contribution in [2.45, 2.75) is 131 Å². The number of fused-ring (bicyclic) bond motifs is 2. The first-order valence-electron chi connectivity index (χ1n) is 45.0. The number of amides is 7. The number of carboxylic acid groups (broad SMARTS) is 1. The molecule has 2 unspecified atom stereocenters. The van der Waals surface area contributed by atoms with Crippen LogP contribution in [-0.4, -0.2) is 315 Å². The first-order chi connectivity index (χ1) is 63.4. The molecule has 4 saturated carbocycles. The number of rotatable bonds is 61. The van der Waals surface area contributed by atoms with Crippen molar-refractivity contribution in [2.75, 3.05) is 213 Å². The smallest absolute Gasteiger partial charge is 0.410 e. The number of carbonyl (C=O) groups is 9. The molecule has 0 saturated heterocycles. The molecular formula is C93H127N11O26S2. The number of para-hydroxylation sites is 1. The standard InChI is InChI=1S/C93H127N11O26S2/c1-65(2)74(53-71(105)24-26-100(82(108)56-103-80(106)21-22-81(103)107)27-30-119-34-35-121-38-39-123-42-43-125-46-47-127-50-51-128-49-48-126-45-44-124-41-40-122-37-36-120-33-32-118-7)86(111)95-66(3)84(109)96-70-17-15-68(16-18-70)57-129-89(114)101(29-52-132(115,116)117)28-31-130-93-61-90(5)58-91(6,62-93)60-92(59-90,63-93)64-104-67(4)75(54-94-104)72-19-20-79(98-83(72)87(112)113)102-25-23-69-11-10-12-73(76(69)55-102)85(110)99-88-97-77-13-8-9-14-78(77)131-88/h8-22,54,65-66,74H,23-53,55-64H2,1-7H3,(H,95,111)(H,96,109)(H,112,113)(H,97,99,110)(H,115,116,117)/t66-,74-,90?,91?,92?,93?/m0/s1. The van der Waals surface area contributed by atoms with Gasteiger partial charge < -0.3 is 92.0 Å². The number of hydrogen-bond donors (Lipinski definition) is 5. The predicted molar refractivity (Wildman–Crippen MR) is 487 cm³/mol. The molecule has 6 aromatic rings. The maximum Gasteiger partial charge on any atom is 0.410 e. The third kappa shape index (κ3) is 30.9. The Morgan fingerprint density at radius 3 is 1.76 bits per heavy atom. The van der Waals surface area contributed by atoms with Gasteiger partial charge in [0.2, 0.25) is 17.7 Å². The lowest BCUT2D eigenvalue weighted by atomic mass is 9.39. The molecule has 4 aliphatic carbocycles. The van der Waals surface area contributed by atoms with Gasteiger partial charge >= 0.3 is 12.1 Å². The van der Waals surface area contributed by atoms with E-state index in [1.807, 2.05) is 59.0 Å². The van der Waals surface area contributed by atoms with E-state index in [0.717, 1.165) is 76.2 Å². The molecule has 3 aromatic carbocycles. The number of ketones is 1. The van der Waals surface area contributed by atoms with Gasteiger partial charge in [0, 0.05) is 112 Å². The van der Waals surface area contributed by atoms with Gasteiger partial charge in [0.15, 0.2) is 10.8 Å². The van der Waals surface area contributed by atoms with Crippen LogP contribution in [0.1, 0.15) is 129 Å². The number of pyridine rings is 1. The van der Waals surface area contributed by atoms with Gasteiger partial charge in [0.1, 0.15) is 30.8 Å². The molecular weight excluding hydrogens is 1750 g/mol. The van der Waals surface area contributed by atoms with Crippen LogP contribution in [-0.2, 0) is 127 Å². The molecule has 722 valence electrons. The van der Waals surface area contributed by atoms with E-state index in [9.17, 15) is 61.2 Å². The number of nitrogens with one attached hydrogen (secondary N) is 3. The maximum atomic E-state index is 14.0. The number of imide groups is 1. The Morgan fingerprint density at radius 1 is 0.614 bits per heavy atom. The number of hydrogen-bond acceptors (Lipinski definition) is 29. The highest BCUT2D eigenvalue weighted by Gasteiger charge is 2.66. The third-order valence-corrected chi connectivity index (χ3v) is 25.7. The largest absolute Gasteiger partial charge is 0.476 e. The van der Waals surface area contributed by atoms with Crippen LogP contribution < -0.4 is 20.9 Å². The van der Waals surface area contributed by atoms with Crippen molar-refractivity contribution in [1.29, 1.82) is 0 Å². The summed E-state index contributed by atoms with van der Waals surface area (Å²) in [7, 11) is -2.90. The van der Waals surface area contributed by atoms with E-state index in [0.29, 0.717) is 184 Å². The number of methoxy groups -OCH3 is 1. The average Bonchev–Trinajstić information content (AvgIpc) is 0.868. The summed E-state index contributed by atoms with van der Waals surface area (Å²) in [5, 5.41) is 24.7. The minimum absolute atomic E-state index is 0.00830. The number of carboxylic acids is 1. The zero-order chi connectivity index (χ0) is 94.3. The fourth-order valence-corrected chi connectivity index (χ4v) is 20.0. The summed E-state index contributed by atoms with van der Waals surface area (Å²) in [4.78, 5) is 135. The predicted octanol–water partition coefficient (Wildman–Crippen LogP) is 8.67. The van der Waals surface area contributed by atoms with Crippen molar-refractivity contribution in [1.82, 2.24) is 39.8 Å².